The van der Waals surface area contributed by atoms with E-state index in [1.165, 1.54) is 6.92 Å². The molecule has 0 saturated carbocycles. The Hall–Kier alpha value is -1.20. The van der Waals surface area contributed by atoms with Crippen LogP contribution in [-0.4, -0.2) is 28.6 Å². The maximum Gasteiger partial charge on any atom is 0.310 e. The predicted octanol–water partition coefficient (Wildman–Crippen LogP) is 2.70. The molecule has 1 N–H and O–H groups in total. The topological polar surface area (TPSA) is 63.6 Å². The van der Waals surface area contributed by atoms with E-state index in [0.29, 0.717) is 10.8 Å². The largest absolute Gasteiger partial charge is 0.493 e. The van der Waals surface area contributed by atoms with Crippen molar-refractivity contribution in [3.8, 4) is 5.75 Å². The van der Waals surface area contributed by atoms with Gasteiger partial charge in [-0.1, -0.05) is 29.4 Å². The summed E-state index contributed by atoms with van der Waals surface area (Å²) in [4.78, 5) is 21.8. The molecule has 4 nitrogen and oxygen atoms in total. The predicted molar refractivity (Wildman–Crippen MR) is 71.2 cm³/mol. The first-order valence-electron chi connectivity index (χ1n) is 5.23. The smallest absolute Gasteiger partial charge is 0.310 e. The Balaban J connectivity index is 2.51. The van der Waals surface area contributed by atoms with E-state index in [1.807, 2.05) is 0 Å². The number of thioether (sulfide) groups is 1. The van der Waals surface area contributed by atoms with Crippen LogP contribution in [0.25, 0.3) is 0 Å². The Morgan fingerprint density at radius 2 is 2.22 bits per heavy atom. The molecule has 0 heterocycles. The minimum atomic E-state index is -0.981. The van der Waals surface area contributed by atoms with E-state index in [9.17, 15) is 9.59 Å². The average molecular weight is 289 g/mol. The molecule has 6 heteroatoms. The number of aliphatic carboxylic acids is 1. The van der Waals surface area contributed by atoms with Crippen LogP contribution < -0.4 is 4.74 Å². The van der Waals surface area contributed by atoms with Crippen LogP contribution in [0.4, 0.5) is 0 Å². The summed E-state index contributed by atoms with van der Waals surface area (Å²) in [5, 5.41) is 9.41. The number of hydrogen-bond donors (Lipinski definition) is 1. The van der Waals surface area contributed by atoms with E-state index < -0.39 is 11.9 Å². The molecular formula is C12H13ClO4S. The maximum absolute atomic E-state index is 11.0. The lowest BCUT2D eigenvalue weighted by atomic mass is 10.2. The van der Waals surface area contributed by atoms with Gasteiger partial charge in [0.25, 0.3) is 0 Å². The number of carboxylic acids is 1. The van der Waals surface area contributed by atoms with E-state index >= 15 is 0 Å². The van der Waals surface area contributed by atoms with E-state index in [2.05, 4.69) is 0 Å². The van der Waals surface area contributed by atoms with Crippen molar-refractivity contribution in [3.05, 3.63) is 29.3 Å². The Morgan fingerprint density at radius 3 is 2.78 bits per heavy atom. The molecule has 0 fully saturated rings. The summed E-state index contributed by atoms with van der Waals surface area (Å²) < 4.78 is 5.35. The number of halogens is 1. The van der Waals surface area contributed by atoms with Crippen molar-refractivity contribution in [2.45, 2.75) is 6.92 Å². The Bertz CT molecular complexity index is 436. The molecule has 0 aliphatic heterocycles. The van der Waals surface area contributed by atoms with Crippen LogP contribution in [0.3, 0.4) is 0 Å². The second kappa shape index (κ2) is 7.28. The molecule has 0 bridgehead atoms. The van der Waals surface area contributed by atoms with Gasteiger partial charge >= 0.3 is 5.97 Å². The molecule has 0 radical (unpaired) electrons. The molecule has 0 saturated heterocycles. The molecule has 0 amide bonds. The van der Waals surface area contributed by atoms with Crippen molar-refractivity contribution in [3.63, 3.8) is 0 Å². The molecule has 98 valence electrons. The van der Waals surface area contributed by atoms with Crippen molar-refractivity contribution in [2.24, 2.45) is 5.92 Å². The van der Waals surface area contributed by atoms with Crippen LogP contribution in [0.1, 0.15) is 6.92 Å². The van der Waals surface area contributed by atoms with Gasteiger partial charge < -0.3 is 9.84 Å². The van der Waals surface area contributed by atoms with Gasteiger partial charge in [-0.25, -0.2) is 0 Å². The number of carbonyl (C=O) groups is 2. The molecule has 0 spiro atoms. The lowest BCUT2D eigenvalue weighted by molar-refractivity contribution is -0.141. The van der Waals surface area contributed by atoms with Crippen molar-refractivity contribution >= 4 is 34.4 Å². The van der Waals surface area contributed by atoms with E-state index in [-0.39, 0.29) is 17.5 Å². The van der Waals surface area contributed by atoms with Gasteiger partial charge in [0.15, 0.2) is 5.12 Å². The molecule has 1 rings (SSSR count). The maximum atomic E-state index is 11.0. The van der Waals surface area contributed by atoms with E-state index in [1.54, 1.807) is 24.3 Å². The fraction of sp³-hybridized carbons (Fsp3) is 0.333. The second-order valence-electron chi connectivity index (χ2n) is 3.61. The third-order valence-corrected chi connectivity index (χ3v) is 3.29. The van der Waals surface area contributed by atoms with Gasteiger partial charge in [-0.15, -0.1) is 0 Å². The first-order valence-corrected chi connectivity index (χ1v) is 6.60. The van der Waals surface area contributed by atoms with Crippen LogP contribution in [-0.2, 0) is 9.59 Å². The number of carbonyl (C=O) groups excluding carboxylic acids is 1. The highest BCUT2D eigenvalue weighted by Gasteiger charge is 2.19. The number of rotatable bonds is 6. The van der Waals surface area contributed by atoms with Crippen LogP contribution in [0.15, 0.2) is 24.3 Å². The SMILES string of the molecule is CC(=O)SCC(COc1cccc(Cl)c1)C(=O)O. The highest BCUT2D eigenvalue weighted by atomic mass is 35.5. The van der Waals surface area contributed by atoms with Crippen LogP contribution in [0.5, 0.6) is 5.75 Å². The molecule has 18 heavy (non-hydrogen) atoms. The standard InChI is InChI=1S/C12H13ClO4S/c1-8(14)18-7-9(12(15)16)6-17-11-4-2-3-10(13)5-11/h2-5,9H,6-7H2,1H3,(H,15,16). The van der Waals surface area contributed by atoms with Gasteiger partial charge in [0, 0.05) is 17.7 Å². The average Bonchev–Trinajstić information content (AvgIpc) is 2.28. The van der Waals surface area contributed by atoms with Crippen molar-refractivity contribution < 1.29 is 19.4 Å². The summed E-state index contributed by atoms with van der Waals surface area (Å²) in [5.41, 5.74) is 0. The van der Waals surface area contributed by atoms with Crippen LogP contribution in [0, 0.1) is 5.92 Å². The Morgan fingerprint density at radius 1 is 1.50 bits per heavy atom. The molecule has 0 aliphatic carbocycles. The van der Waals surface area contributed by atoms with Gasteiger partial charge in [0.2, 0.25) is 0 Å². The molecule has 1 unspecified atom stereocenters. The first kappa shape index (κ1) is 14.9. The van der Waals surface area contributed by atoms with Gasteiger partial charge in [-0.2, -0.15) is 0 Å². The van der Waals surface area contributed by atoms with Gasteiger partial charge in [-0.05, 0) is 18.2 Å². The zero-order valence-corrected chi connectivity index (χ0v) is 11.3. The Kier molecular flexibility index (Phi) is 6.01. The molecule has 1 atom stereocenters. The number of carboxylic acid groups (broad SMARTS) is 1. The van der Waals surface area contributed by atoms with Crippen molar-refractivity contribution in [2.75, 3.05) is 12.4 Å². The molecule has 1 aromatic carbocycles. The third-order valence-electron chi connectivity index (χ3n) is 2.08. The normalized spacial score (nSPS) is 11.9. The zero-order chi connectivity index (χ0) is 13.5. The molecular weight excluding hydrogens is 276 g/mol. The summed E-state index contributed by atoms with van der Waals surface area (Å²) >= 11 is 6.76. The minimum Gasteiger partial charge on any atom is -0.493 e. The van der Waals surface area contributed by atoms with Gasteiger partial charge in [0.1, 0.15) is 18.3 Å². The Labute approximate surface area is 114 Å². The monoisotopic (exact) mass is 288 g/mol. The highest BCUT2D eigenvalue weighted by Crippen LogP contribution is 2.19. The first-order chi connectivity index (χ1) is 8.49. The van der Waals surface area contributed by atoms with Gasteiger partial charge in [0.05, 0.1) is 0 Å². The highest BCUT2D eigenvalue weighted by molar-refractivity contribution is 8.13. The van der Waals surface area contributed by atoms with E-state index in [4.69, 9.17) is 21.4 Å². The quantitative estimate of drug-likeness (QED) is 0.872. The summed E-state index contributed by atoms with van der Waals surface area (Å²) in [6.45, 7) is 1.41. The summed E-state index contributed by atoms with van der Waals surface area (Å²) in [6, 6.07) is 6.73. The van der Waals surface area contributed by atoms with E-state index in [0.717, 1.165) is 11.8 Å². The van der Waals surface area contributed by atoms with Crippen molar-refractivity contribution in [1.82, 2.24) is 0 Å². The lowest BCUT2D eigenvalue weighted by Gasteiger charge is -2.12. The number of benzene rings is 1. The summed E-state index contributed by atoms with van der Waals surface area (Å²) in [7, 11) is 0. The summed E-state index contributed by atoms with van der Waals surface area (Å²) in [6.07, 6.45) is 0. The van der Waals surface area contributed by atoms with Gasteiger partial charge in [-0.3, -0.25) is 9.59 Å². The zero-order valence-electron chi connectivity index (χ0n) is 9.76. The fourth-order valence-electron chi connectivity index (χ4n) is 1.16. The number of ether oxygens (including phenoxy) is 1. The lowest BCUT2D eigenvalue weighted by Crippen LogP contribution is -2.24. The molecule has 0 aromatic heterocycles. The van der Waals surface area contributed by atoms with Crippen LogP contribution in [0.2, 0.25) is 5.02 Å². The number of hydrogen-bond acceptors (Lipinski definition) is 4. The second-order valence-corrected chi connectivity index (χ2v) is 5.24. The minimum absolute atomic E-state index is 0.00988. The van der Waals surface area contributed by atoms with Crippen molar-refractivity contribution in [1.29, 1.82) is 0 Å². The molecule has 0 aliphatic rings. The summed E-state index contributed by atoms with van der Waals surface area (Å²) in [5.74, 6) is -0.990. The fourth-order valence-corrected chi connectivity index (χ4v) is 2.02. The van der Waals surface area contributed by atoms with Crippen LogP contribution >= 0.6 is 23.4 Å². The molecule has 1 aromatic rings. The third kappa shape index (κ3) is 5.42.